The second-order valence-electron chi connectivity index (χ2n) is 8.44. The third-order valence-electron chi connectivity index (χ3n) is 7.33. The molecular formula is C21H27N3O2S. The van der Waals surface area contributed by atoms with E-state index in [0.717, 1.165) is 37.9 Å². The molecule has 2 saturated heterocycles. The van der Waals surface area contributed by atoms with E-state index >= 15 is 0 Å². The summed E-state index contributed by atoms with van der Waals surface area (Å²) in [5, 5.41) is 9.24. The summed E-state index contributed by atoms with van der Waals surface area (Å²) in [6, 6.07) is 8.29. The summed E-state index contributed by atoms with van der Waals surface area (Å²) in [6.45, 7) is 0. The zero-order valence-corrected chi connectivity index (χ0v) is 16.8. The fourth-order valence-electron chi connectivity index (χ4n) is 6.40. The van der Waals surface area contributed by atoms with Crippen LogP contribution in [0.5, 0.6) is 0 Å². The first-order valence-corrected chi connectivity index (χ1v) is 11.3. The van der Waals surface area contributed by atoms with Gasteiger partial charge in [0.25, 0.3) is 0 Å². The second kappa shape index (κ2) is 5.98. The van der Waals surface area contributed by atoms with Gasteiger partial charge in [0.05, 0.1) is 12.6 Å². The molecule has 1 spiro atoms. The number of hydrogen-bond acceptors (Lipinski definition) is 5. The minimum Gasteiger partial charge on any atom is -0.468 e. The zero-order chi connectivity index (χ0) is 18.8. The molecule has 144 valence electrons. The SMILES string of the molecule is COC(=O)[C@@H]1C[C@@]2(CSC)c3ccccc3N3C(=N)C4(CCCCC4)N1[C@H]32. The minimum absolute atomic E-state index is 0.0667. The van der Waals surface area contributed by atoms with Gasteiger partial charge in [0, 0.05) is 16.9 Å². The Hall–Kier alpha value is -1.53. The molecule has 0 unspecified atom stereocenters. The number of anilines is 1. The van der Waals surface area contributed by atoms with Crippen LogP contribution in [0.15, 0.2) is 24.3 Å². The monoisotopic (exact) mass is 385 g/mol. The van der Waals surface area contributed by atoms with E-state index in [1.807, 2.05) is 11.8 Å². The Kier molecular flexibility index (Phi) is 3.89. The molecule has 27 heavy (non-hydrogen) atoms. The van der Waals surface area contributed by atoms with E-state index in [-0.39, 0.29) is 29.1 Å². The van der Waals surface area contributed by atoms with E-state index in [0.29, 0.717) is 5.84 Å². The lowest BCUT2D eigenvalue weighted by Crippen LogP contribution is -2.56. The third kappa shape index (κ3) is 2.01. The number of nitrogens with one attached hydrogen (secondary N) is 1. The lowest BCUT2D eigenvalue weighted by molar-refractivity contribution is -0.148. The molecule has 6 heteroatoms. The maximum Gasteiger partial charge on any atom is 0.323 e. The van der Waals surface area contributed by atoms with Crippen molar-refractivity contribution in [1.82, 2.24) is 4.90 Å². The third-order valence-corrected chi connectivity index (χ3v) is 8.13. The topological polar surface area (TPSA) is 56.6 Å². The summed E-state index contributed by atoms with van der Waals surface area (Å²) in [5.41, 5.74) is 2.05. The molecule has 0 aromatic heterocycles. The smallest absolute Gasteiger partial charge is 0.323 e. The number of rotatable bonds is 3. The molecule has 1 aliphatic carbocycles. The van der Waals surface area contributed by atoms with Crippen molar-refractivity contribution in [3.05, 3.63) is 29.8 Å². The minimum atomic E-state index is -0.310. The zero-order valence-electron chi connectivity index (χ0n) is 16.0. The van der Waals surface area contributed by atoms with Gasteiger partial charge in [-0.05, 0) is 37.1 Å². The predicted molar refractivity (Wildman–Crippen MR) is 109 cm³/mol. The van der Waals surface area contributed by atoms with Crippen LogP contribution >= 0.6 is 11.8 Å². The lowest BCUT2D eigenvalue weighted by atomic mass is 9.79. The fourth-order valence-corrected chi connectivity index (χ4v) is 7.34. The summed E-state index contributed by atoms with van der Waals surface area (Å²) in [7, 11) is 1.50. The van der Waals surface area contributed by atoms with Gasteiger partial charge >= 0.3 is 5.97 Å². The highest BCUT2D eigenvalue weighted by Crippen LogP contribution is 2.62. The first-order chi connectivity index (χ1) is 13.1. The Morgan fingerprint density at radius 2 is 2.04 bits per heavy atom. The van der Waals surface area contributed by atoms with Crippen LogP contribution in [0.1, 0.15) is 44.1 Å². The van der Waals surface area contributed by atoms with Crippen molar-refractivity contribution < 1.29 is 9.53 Å². The lowest BCUT2D eigenvalue weighted by Gasteiger charge is -2.42. The Labute approximate surface area is 164 Å². The van der Waals surface area contributed by atoms with Crippen molar-refractivity contribution >= 4 is 29.3 Å². The normalized spacial score (nSPS) is 33.4. The van der Waals surface area contributed by atoms with E-state index in [1.54, 1.807) is 0 Å². The van der Waals surface area contributed by atoms with Crippen LogP contribution in [0.4, 0.5) is 5.69 Å². The number of ether oxygens (including phenoxy) is 1. The average molecular weight is 386 g/mol. The predicted octanol–water partition coefficient (Wildman–Crippen LogP) is 3.37. The molecule has 1 aromatic carbocycles. The summed E-state index contributed by atoms with van der Waals surface area (Å²) >= 11 is 1.84. The molecule has 5 nitrogen and oxygen atoms in total. The quantitative estimate of drug-likeness (QED) is 0.809. The average Bonchev–Trinajstić information content (AvgIpc) is 3.26. The summed E-state index contributed by atoms with van der Waals surface area (Å²) in [5.74, 6) is 1.52. The number of fused-ring (bicyclic) bond motifs is 4. The molecule has 1 N–H and O–H groups in total. The Balaban J connectivity index is 1.74. The standard InChI is InChI=1S/C21H27N3O2S/c1-26-17(25)16-12-20(13-27-2)14-8-4-5-9-15(14)23-18(22)21(24(16)19(20)23)10-6-3-7-11-21/h4-5,8-9,16,19,22H,3,6-7,10-13H2,1-2H3/t16-,19-,20+/m0/s1. The van der Waals surface area contributed by atoms with Gasteiger partial charge < -0.3 is 9.64 Å². The maximum absolute atomic E-state index is 12.9. The van der Waals surface area contributed by atoms with Gasteiger partial charge in [-0.15, -0.1) is 0 Å². The molecular weight excluding hydrogens is 358 g/mol. The number of carbonyl (C=O) groups is 1. The number of carbonyl (C=O) groups excluding carboxylic acids is 1. The van der Waals surface area contributed by atoms with Crippen LogP contribution in [0.3, 0.4) is 0 Å². The molecule has 0 bridgehead atoms. The van der Waals surface area contributed by atoms with E-state index in [2.05, 4.69) is 40.3 Å². The first kappa shape index (κ1) is 17.6. The van der Waals surface area contributed by atoms with Gasteiger partial charge in [-0.2, -0.15) is 11.8 Å². The highest BCUT2D eigenvalue weighted by atomic mass is 32.2. The van der Waals surface area contributed by atoms with E-state index < -0.39 is 0 Å². The van der Waals surface area contributed by atoms with E-state index in [4.69, 9.17) is 4.74 Å². The van der Waals surface area contributed by atoms with Crippen molar-refractivity contribution in [3.8, 4) is 0 Å². The Morgan fingerprint density at radius 1 is 1.30 bits per heavy atom. The molecule has 0 amide bonds. The van der Waals surface area contributed by atoms with Crippen molar-refractivity contribution in [2.75, 3.05) is 24.0 Å². The Morgan fingerprint density at radius 3 is 2.74 bits per heavy atom. The number of amidine groups is 1. The molecule has 0 radical (unpaired) electrons. The summed E-state index contributed by atoms with van der Waals surface area (Å²) < 4.78 is 5.25. The number of benzene rings is 1. The van der Waals surface area contributed by atoms with Gasteiger partial charge in [0.1, 0.15) is 18.0 Å². The molecule has 3 heterocycles. The van der Waals surface area contributed by atoms with Crippen molar-refractivity contribution in [2.45, 2.75) is 61.7 Å². The van der Waals surface area contributed by atoms with E-state index in [1.165, 1.54) is 24.8 Å². The summed E-state index contributed by atoms with van der Waals surface area (Å²) in [4.78, 5) is 17.5. The molecule has 1 saturated carbocycles. The largest absolute Gasteiger partial charge is 0.468 e. The number of hydrogen-bond donors (Lipinski definition) is 1. The van der Waals surface area contributed by atoms with Gasteiger partial charge in [-0.3, -0.25) is 15.1 Å². The molecule has 3 atom stereocenters. The van der Waals surface area contributed by atoms with Crippen LogP contribution in [0.25, 0.3) is 0 Å². The number of esters is 1. The Bertz CT molecular complexity index is 806. The number of methoxy groups -OCH3 is 1. The van der Waals surface area contributed by atoms with Crippen LogP contribution in [-0.2, 0) is 14.9 Å². The number of thioether (sulfide) groups is 1. The fraction of sp³-hybridized carbons (Fsp3) is 0.619. The van der Waals surface area contributed by atoms with E-state index in [9.17, 15) is 10.2 Å². The second-order valence-corrected chi connectivity index (χ2v) is 9.31. The highest BCUT2D eigenvalue weighted by molar-refractivity contribution is 7.98. The first-order valence-electron chi connectivity index (χ1n) is 9.94. The summed E-state index contributed by atoms with van der Waals surface area (Å²) in [6.07, 6.45) is 8.43. The maximum atomic E-state index is 12.9. The van der Waals surface area contributed by atoms with Gasteiger partial charge in [0.2, 0.25) is 0 Å². The molecule has 4 aliphatic rings. The van der Waals surface area contributed by atoms with Gasteiger partial charge in [-0.1, -0.05) is 37.5 Å². The van der Waals surface area contributed by atoms with Crippen molar-refractivity contribution in [3.63, 3.8) is 0 Å². The van der Waals surface area contributed by atoms with Gasteiger partial charge in [-0.25, -0.2) is 0 Å². The molecule has 5 rings (SSSR count). The van der Waals surface area contributed by atoms with Crippen LogP contribution in [-0.4, -0.2) is 53.6 Å². The highest BCUT2D eigenvalue weighted by Gasteiger charge is 2.72. The van der Waals surface area contributed by atoms with Gasteiger partial charge in [0.15, 0.2) is 0 Å². The molecule has 3 aliphatic heterocycles. The number of nitrogens with zero attached hydrogens (tertiary/aromatic N) is 2. The van der Waals surface area contributed by atoms with Crippen LogP contribution in [0.2, 0.25) is 0 Å². The number of para-hydroxylation sites is 1. The van der Waals surface area contributed by atoms with Crippen LogP contribution in [0, 0.1) is 5.41 Å². The van der Waals surface area contributed by atoms with Crippen molar-refractivity contribution in [2.24, 2.45) is 0 Å². The van der Waals surface area contributed by atoms with Crippen LogP contribution < -0.4 is 4.90 Å². The molecule has 1 aromatic rings. The molecule has 3 fully saturated rings. The van der Waals surface area contributed by atoms with Crippen molar-refractivity contribution in [1.29, 1.82) is 5.41 Å².